The molecule has 110 valence electrons. The van der Waals surface area contributed by atoms with E-state index < -0.39 is 10.8 Å². The number of nitrogens with zero attached hydrogens (tertiary/aromatic N) is 1. The van der Waals surface area contributed by atoms with Crippen molar-refractivity contribution in [2.45, 2.75) is 32.0 Å². The zero-order chi connectivity index (χ0) is 14.5. The average Bonchev–Trinajstić information content (AvgIpc) is 2.74. The van der Waals surface area contributed by atoms with E-state index in [1.807, 2.05) is 35.2 Å². The highest BCUT2D eigenvalue weighted by molar-refractivity contribution is 7.84. The van der Waals surface area contributed by atoms with Crippen LogP contribution in [0.25, 0.3) is 0 Å². The number of carbonyl (C=O) groups is 1. The van der Waals surface area contributed by atoms with Crippen LogP contribution in [0.3, 0.4) is 0 Å². The maximum absolute atomic E-state index is 12.5. The van der Waals surface area contributed by atoms with Crippen LogP contribution in [0, 0.1) is 0 Å². The van der Waals surface area contributed by atoms with E-state index in [4.69, 9.17) is 0 Å². The summed E-state index contributed by atoms with van der Waals surface area (Å²) >= 11 is 0. The first kappa shape index (κ1) is 15.2. The van der Waals surface area contributed by atoms with E-state index in [9.17, 15) is 9.00 Å². The van der Waals surface area contributed by atoms with E-state index in [0.717, 1.165) is 12.0 Å². The van der Waals surface area contributed by atoms with E-state index in [1.54, 1.807) is 6.26 Å². The Hall–Kier alpha value is -1.20. The summed E-state index contributed by atoms with van der Waals surface area (Å²) in [5, 5.41) is 3.39. The van der Waals surface area contributed by atoms with E-state index in [2.05, 4.69) is 12.2 Å². The molecule has 0 aliphatic carbocycles. The molecule has 1 aromatic carbocycles. The van der Waals surface area contributed by atoms with Gasteiger partial charge >= 0.3 is 0 Å². The van der Waals surface area contributed by atoms with Crippen molar-refractivity contribution in [2.75, 3.05) is 18.6 Å². The van der Waals surface area contributed by atoms with Crippen LogP contribution in [0.4, 0.5) is 0 Å². The highest BCUT2D eigenvalue weighted by Gasteiger charge is 2.37. The van der Waals surface area contributed by atoms with Gasteiger partial charge in [0.05, 0.1) is 12.2 Å². The summed E-state index contributed by atoms with van der Waals surface area (Å²) in [6, 6.07) is 9.88. The Kier molecular flexibility index (Phi) is 5.31. The summed E-state index contributed by atoms with van der Waals surface area (Å²) in [4.78, 5) is 14.3. The normalized spacial score (nSPS) is 24.1. The zero-order valence-corrected chi connectivity index (χ0v) is 12.9. The lowest BCUT2D eigenvalue weighted by atomic mass is 10.1. The predicted molar refractivity (Wildman–Crippen MR) is 81.8 cm³/mol. The Balaban J connectivity index is 2.02. The van der Waals surface area contributed by atoms with Gasteiger partial charge in [-0.25, -0.2) is 0 Å². The van der Waals surface area contributed by atoms with E-state index in [0.29, 0.717) is 18.7 Å². The van der Waals surface area contributed by atoms with Gasteiger partial charge < -0.3 is 4.90 Å². The third-order valence-corrected chi connectivity index (χ3v) is 4.40. The molecule has 0 spiro atoms. The maximum Gasteiger partial charge on any atom is 0.241 e. The fourth-order valence-electron chi connectivity index (χ4n) is 2.57. The second kappa shape index (κ2) is 6.99. The number of amides is 1. The molecule has 0 radical (unpaired) electrons. The molecular weight excluding hydrogens is 272 g/mol. The molecule has 0 saturated carbocycles. The number of rotatable bonds is 6. The summed E-state index contributed by atoms with van der Waals surface area (Å²) < 4.78 is 11.2. The van der Waals surface area contributed by atoms with Crippen LogP contribution >= 0.6 is 0 Å². The van der Waals surface area contributed by atoms with Crippen molar-refractivity contribution in [3.63, 3.8) is 0 Å². The number of hydrogen-bond acceptors (Lipinski definition) is 3. The molecule has 1 fully saturated rings. The van der Waals surface area contributed by atoms with Crippen molar-refractivity contribution >= 4 is 16.7 Å². The quantitative estimate of drug-likeness (QED) is 0.856. The van der Waals surface area contributed by atoms with Gasteiger partial charge in [0.1, 0.15) is 0 Å². The molecule has 5 heteroatoms. The minimum atomic E-state index is -0.864. The van der Waals surface area contributed by atoms with Gasteiger partial charge in [-0.05, 0) is 18.4 Å². The Labute approximate surface area is 123 Å². The first-order valence-electron chi connectivity index (χ1n) is 7.02. The Morgan fingerprint density at radius 1 is 1.30 bits per heavy atom. The summed E-state index contributed by atoms with van der Waals surface area (Å²) in [5.74, 6) is 0.674. The summed E-state index contributed by atoms with van der Waals surface area (Å²) in [6.45, 7) is 2.63. The molecule has 2 rings (SSSR count). The molecule has 1 amide bonds. The number of carbonyl (C=O) groups excluding carboxylic acids is 1. The largest absolute Gasteiger partial charge is 0.325 e. The SMILES string of the molecule is CCC1NC(Cc2ccccc2)C(=O)N1CCS(C)=O. The van der Waals surface area contributed by atoms with Crippen molar-refractivity contribution in [3.8, 4) is 0 Å². The number of benzene rings is 1. The van der Waals surface area contributed by atoms with Crippen LogP contribution in [-0.2, 0) is 22.0 Å². The molecule has 1 N–H and O–H groups in total. The average molecular weight is 294 g/mol. The van der Waals surface area contributed by atoms with Gasteiger partial charge in [0, 0.05) is 29.4 Å². The van der Waals surface area contributed by atoms with Crippen LogP contribution in [0.1, 0.15) is 18.9 Å². The lowest BCUT2D eigenvalue weighted by Gasteiger charge is -2.22. The number of hydrogen-bond donors (Lipinski definition) is 1. The lowest BCUT2D eigenvalue weighted by Crippen LogP contribution is -2.39. The van der Waals surface area contributed by atoms with Gasteiger partial charge in [0.2, 0.25) is 5.91 Å². The molecule has 1 saturated heterocycles. The van der Waals surface area contributed by atoms with Crippen LogP contribution in [-0.4, -0.2) is 45.8 Å². The number of nitrogens with one attached hydrogen (secondary N) is 1. The minimum Gasteiger partial charge on any atom is -0.325 e. The highest BCUT2D eigenvalue weighted by atomic mass is 32.2. The Bertz CT molecular complexity index is 478. The molecule has 1 heterocycles. The molecule has 1 aromatic rings. The third kappa shape index (κ3) is 3.67. The summed E-state index contributed by atoms with van der Waals surface area (Å²) in [7, 11) is -0.864. The van der Waals surface area contributed by atoms with Crippen molar-refractivity contribution in [1.82, 2.24) is 10.2 Å². The first-order valence-corrected chi connectivity index (χ1v) is 8.75. The van der Waals surface area contributed by atoms with Gasteiger partial charge in [-0.15, -0.1) is 0 Å². The van der Waals surface area contributed by atoms with E-state index >= 15 is 0 Å². The fourth-order valence-corrected chi connectivity index (χ4v) is 3.03. The molecule has 3 unspecified atom stereocenters. The van der Waals surface area contributed by atoms with Crippen LogP contribution in [0.5, 0.6) is 0 Å². The monoisotopic (exact) mass is 294 g/mol. The van der Waals surface area contributed by atoms with Gasteiger partial charge in [-0.2, -0.15) is 0 Å². The topological polar surface area (TPSA) is 49.4 Å². The van der Waals surface area contributed by atoms with Crippen molar-refractivity contribution in [1.29, 1.82) is 0 Å². The standard InChI is InChI=1S/C15H22N2O2S/c1-3-14-16-13(11-12-7-5-4-6-8-12)15(18)17(14)9-10-20(2)19/h4-8,13-14,16H,3,9-11H2,1-2H3. The van der Waals surface area contributed by atoms with E-state index in [-0.39, 0.29) is 18.1 Å². The van der Waals surface area contributed by atoms with Gasteiger partial charge in [-0.1, -0.05) is 37.3 Å². The Morgan fingerprint density at radius 3 is 2.60 bits per heavy atom. The molecule has 1 aliphatic heterocycles. The fraction of sp³-hybridized carbons (Fsp3) is 0.533. The molecule has 0 bridgehead atoms. The van der Waals surface area contributed by atoms with Crippen LogP contribution < -0.4 is 5.32 Å². The molecule has 4 nitrogen and oxygen atoms in total. The lowest BCUT2D eigenvalue weighted by molar-refractivity contribution is -0.129. The van der Waals surface area contributed by atoms with Gasteiger partial charge in [0.25, 0.3) is 0 Å². The molecular formula is C15H22N2O2S. The smallest absolute Gasteiger partial charge is 0.241 e. The highest BCUT2D eigenvalue weighted by Crippen LogP contribution is 2.16. The van der Waals surface area contributed by atoms with Gasteiger partial charge in [-0.3, -0.25) is 14.3 Å². The van der Waals surface area contributed by atoms with Crippen LogP contribution in [0.15, 0.2) is 30.3 Å². The maximum atomic E-state index is 12.5. The predicted octanol–water partition coefficient (Wildman–Crippen LogP) is 1.14. The molecule has 20 heavy (non-hydrogen) atoms. The van der Waals surface area contributed by atoms with Crippen molar-refractivity contribution in [3.05, 3.63) is 35.9 Å². The first-order chi connectivity index (χ1) is 9.61. The summed E-state index contributed by atoms with van der Waals surface area (Å²) in [5.41, 5.74) is 1.16. The molecule has 1 aliphatic rings. The summed E-state index contributed by atoms with van der Waals surface area (Å²) in [6.07, 6.45) is 3.32. The van der Waals surface area contributed by atoms with Gasteiger partial charge in [0.15, 0.2) is 0 Å². The Morgan fingerprint density at radius 2 is 2.00 bits per heavy atom. The zero-order valence-electron chi connectivity index (χ0n) is 12.0. The molecule has 0 aromatic heterocycles. The van der Waals surface area contributed by atoms with Crippen molar-refractivity contribution < 1.29 is 9.00 Å². The third-order valence-electron chi connectivity index (χ3n) is 3.64. The van der Waals surface area contributed by atoms with E-state index in [1.165, 1.54) is 0 Å². The second-order valence-electron chi connectivity index (χ2n) is 5.14. The van der Waals surface area contributed by atoms with Crippen LogP contribution in [0.2, 0.25) is 0 Å². The van der Waals surface area contributed by atoms with Crippen molar-refractivity contribution in [2.24, 2.45) is 0 Å². The molecule has 3 atom stereocenters. The second-order valence-corrected chi connectivity index (χ2v) is 6.70. The minimum absolute atomic E-state index is 0.0692.